The van der Waals surface area contributed by atoms with E-state index in [2.05, 4.69) is 36.6 Å². The second kappa shape index (κ2) is 8.52. The summed E-state index contributed by atoms with van der Waals surface area (Å²) < 4.78 is 0. The van der Waals surface area contributed by atoms with Crippen LogP contribution in [-0.4, -0.2) is 89.6 Å². The average Bonchev–Trinajstić information content (AvgIpc) is 2.79. The van der Waals surface area contributed by atoms with Crippen LogP contribution in [0.15, 0.2) is 36.9 Å². The Bertz CT molecular complexity index is 784. The van der Waals surface area contributed by atoms with Crippen LogP contribution in [0.5, 0.6) is 0 Å². The molecule has 0 saturated carbocycles. The van der Waals surface area contributed by atoms with Crippen LogP contribution in [0.4, 0.5) is 11.6 Å². The van der Waals surface area contributed by atoms with E-state index in [-0.39, 0.29) is 5.91 Å². The maximum Gasteiger partial charge on any atom is 0.255 e. The molecule has 0 aromatic carbocycles. The molecule has 0 N–H and O–H groups in total. The van der Waals surface area contributed by atoms with Crippen molar-refractivity contribution in [1.82, 2.24) is 24.8 Å². The highest BCUT2D eigenvalue weighted by Crippen LogP contribution is 2.19. The monoisotopic (exact) mass is 381 g/mol. The minimum atomic E-state index is 0.0511. The van der Waals surface area contributed by atoms with Gasteiger partial charge in [0.05, 0.1) is 17.4 Å². The molecule has 0 spiro atoms. The van der Waals surface area contributed by atoms with Crippen molar-refractivity contribution in [3.63, 3.8) is 0 Å². The predicted octanol–water partition coefficient (Wildman–Crippen LogP) is 0.976. The highest BCUT2D eigenvalue weighted by molar-refractivity contribution is 5.95. The van der Waals surface area contributed by atoms with E-state index >= 15 is 0 Å². The molecule has 1 amide bonds. The van der Waals surface area contributed by atoms with Gasteiger partial charge in [-0.2, -0.15) is 0 Å². The lowest BCUT2D eigenvalue weighted by Crippen LogP contribution is -2.49. The number of piperazine rings is 2. The summed E-state index contributed by atoms with van der Waals surface area (Å²) in [5.74, 6) is 0.777. The Balaban J connectivity index is 1.38. The normalized spacial score (nSPS) is 18.4. The molecule has 2 aliphatic heterocycles. The Kier molecular flexibility index (Phi) is 5.66. The first-order valence-electron chi connectivity index (χ1n) is 9.98. The number of rotatable bonds is 4. The zero-order valence-corrected chi connectivity index (χ0v) is 16.4. The van der Waals surface area contributed by atoms with Crippen LogP contribution in [0, 0.1) is 0 Å². The number of hydrogen-bond donors (Lipinski definition) is 0. The standard InChI is InChI=1S/C20H27N7O/c1-2-24-6-8-25(9-7-24)18-14-17(15-21-16-18)19(28)26-10-12-27(13-11-26)20-22-4-3-5-23-20/h3-5,14-16H,2,6-13H2,1H3. The summed E-state index contributed by atoms with van der Waals surface area (Å²) in [5, 5.41) is 0. The Morgan fingerprint density at radius 1 is 0.929 bits per heavy atom. The van der Waals surface area contributed by atoms with E-state index in [0.717, 1.165) is 57.4 Å². The topological polar surface area (TPSA) is 68.7 Å². The number of carbonyl (C=O) groups is 1. The number of nitrogens with zero attached hydrogens (tertiary/aromatic N) is 7. The van der Waals surface area contributed by atoms with Gasteiger partial charge < -0.3 is 19.6 Å². The molecule has 0 aliphatic carbocycles. The molecule has 8 nitrogen and oxygen atoms in total. The third kappa shape index (κ3) is 4.06. The number of anilines is 2. The van der Waals surface area contributed by atoms with Crippen molar-refractivity contribution in [1.29, 1.82) is 0 Å². The van der Waals surface area contributed by atoms with Crippen molar-refractivity contribution < 1.29 is 4.79 Å². The molecular weight excluding hydrogens is 354 g/mol. The molecule has 28 heavy (non-hydrogen) atoms. The molecule has 0 atom stereocenters. The van der Waals surface area contributed by atoms with Crippen molar-refractivity contribution in [2.24, 2.45) is 0 Å². The maximum atomic E-state index is 13.0. The third-order valence-electron chi connectivity index (χ3n) is 5.56. The van der Waals surface area contributed by atoms with Crippen molar-refractivity contribution in [2.45, 2.75) is 6.92 Å². The lowest BCUT2D eigenvalue weighted by molar-refractivity contribution is 0.0746. The quantitative estimate of drug-likeness (QED) is 0.782. The highest BCUT2D eigenvalue weighted by atomic mass is 16.2. The van der Waals surface area contributed by atoms with Gasteiger partial charge in [-0.05, 0) is 18.7 Å². The number of likely N-dealkylation sites (N-methyl/N-ethyl adjacent to an activating group) is 1. The second-order valence-electron chi connectivity index (χ2n) is 7.18. The van der Waals surface area contributed by atoms with E-state index in [9.17, 15) is 4.79 Å². The second-order valence-corrected chi connectivity index (χ2v) is 7.18. The van der Waals surface area contributed by atoms with Crippen LogP contribution >= 0.6 is 0 Å². The van der Waals surface area contributed by atoms with Crippen LogP contribution in [0.3, 0.4) is 0 Å². The fourth-order valence-corrected chi connectivity index (χ4v) is 3.79. The predicted molar refractivity (Wildman–Crippen MR) is 109 cm³/mol. The molecule has 8 heteroatoms. The minimum absolute atomic E-state index is 0.0511. The summed E-state index contributed by atoms with van der Waals surface area (Å²) in [5.41, 5.74) is 1.71. The van der Waals surface area contributed by atoms with Crippen molar-refractivity contribution in [3.05, 3.63) is 42.5 Å². The summed E-state index contributed by atoms with van der Waals surface area (Å²) >= 11 is 0. The van der Waals surface area contributed by atoms with E-state index in [1.165, 1.54) is 0 Å². The fraction of sp³-hybridized carbons (Fsp3) is 0.500. The van der Waals surface area contributed by atoms with E-state index in [4.69, 9.17) is 0 Å². The third-order valence-corrected chi connectivity index (χ3v) is 5.56. The molecule has 2 saturated heterocycles. The smallest absolute Gasteiger partial charge is 0.255 e. The summed E-state index contributed by atoms with van der Waals surface area (Å²) in [7, 11) is 0. The molecule has 0 bridgehead atoms. The van der Waals surface area contributed by atoms with Gasteiger partial charge >= 0.3 is 0 Å². The first-order chi connectivity index (χ1) is 13.7. The molecule has 4 rings (SSSR count). The van der Waals surface area contributed by atoms with Gasteiger partial charge in [-0.3, -0.25) is 9.78 Å². The van der Waals surface area contributed by atoms with E-state index in [1.54, 1.807) is 18.6 Å². The zero-order valence-electron chi connectivity index (χ0n) is 16.4. The van der Waals surface area contributed by atoms with Gasteiger partial charge in [0.15, 0.2) is 0 Å². The molecule has 4 heterocycles. The summed E-state index contributed by atoms with van der Waals surface area (Å²) in [4.78, 5) is 34.7. The number of carbonyl (C=O) groups excluding carboxylic acids is 1. The molecular formula is C20H27N7O. The Morgan fingerprint density at radius 3 is 2.29 bits per heavy atom. The molecule has 0 unspecified atom stereocenters. The lowest BCUT2D eigenvalue weighted by atomic mass is 10.2. The fourth-order valence-electron chi connectivity index (χ4n) is 3.79. The van der Waals surface area contributed by atoms with Gasteiger partial charge in [-0.15, -0.1) is 0 Å². The van der Waals surface area contributed by atoms with Crippen LogP contribution in [0.25, 0.3) is 0 Å². The molecule has 2 fully saturated rings. The van der Waals surface area contributed by atoms with Crippen LogP contribution in [0.1, 0.15) is 17.3 Å². The average molecular weight is 381 g/mol. The number of amides is 1. The van der Waals surface area contributed by atoms with Crippen LogP contribution in [-0.2, 0) is 0 Å². The molecule has 2 aromatic heterocycles. The first kappa shape index (κ1) is 18.6. The van der Waals surface area contributed by atoms with Gasteiger partial charge in [0.25, 0.3) is 5.91 Å². The molecule has 2 aromatic rings. The largest absolute Gasteiger partial charge is 0.368 e. The SMILES string of the molecule is CCN1CCN(c2cncc(C(=O)N3CCN(c4ncccn4)CC3)c2)CC1. The summed E-state index contributed by atoms with van der Waals surface area (Å²) in [6.07, 6.45) is 7.04. The van der Waals surface area contributed by atoms with Crippen molar-refractivity contribution in [2.75, 3.05) is 68.7 Å². The summed E-state index contributed by atoms with van der Waals surface area (Å²) in [6.45, 7) is 10.1. The Labute approximate surface area is 165 Å². The first-order valence-corrected chi connectivity index (χ1v) is 9.98. The van der Waals surface area contributed by atoms with Gasteiger partial charge in [0, 0.05) is 70.9 Å². The molecule has 2 aliphatic rings. The molecule has 148 valence electrons. The Morgan fingerprint density at radius 2 is 1.61 bits per heavy atom. The molecule has 0 radical (unpaired) electrons. The maximum absolute atomic E-state index is 13.0. The van der Waals surface area contributed by atoms with Crippen LogP contribution < -0.4 is 9.80 Å². The number of aromatic nitrogens is 3. The minimum Gasteiger partial charge on any atom is -0.368 e. The van der Waals surface area contributed by atoms with Gasteiger partial charge in [0.1, 0.15) is 0 Å². The van der Waals surface area contributed by atoms with E-state index in [0.29, 0.717) is 18.7 Å². The number of hydrogen-bond acceptors (Lipinski definition) is 7. The Hall–Kier alpha value is -2.74. The summed E-state index contributed by atoms with van der Waals surface area (Å²) in [6, 6.07) is 3.80. The van der Waals surface area contributed by atoms with Gasteiger partial charge in [-0.25, -0.2) is 9.97 Å². The van der Waals surface area contributed by atoms with E-state index < -0.39 is 0 Å². The number of pyridine rings is 1. The zero-order chi connectivity index (χ0) is 19.3. The van der Waals surface area contributed by atoms with Gasteiger partial charge in [0.2, 0.25) is 5.95 Å². The van der Waals surface area contributed by atoms with Crippen molar-refractivity contribution in [3.8, 4) is 0 Å². The lowest BCUT2D eigenvalue weighted by Gasteiger charge is -2.36. The van der Waals surface area contributed by atoms with E-state index in [1.807, 2.05) is 23.2 Å². The van der Waals surface area contributed by atoms with Gasteiger partial charge in [-0.1, -0.05) is 6.92 Å². The van der Waals surface area contributed by atoms with Crippen LogP contribution in [0.2, 0.25) is 0 Å². The van der Waals surface area contributed by atoms with Crippen molar-refractivity contribution >= 4 is 17.5 Å². The highest BCUT2D eigenvalue weighted by Gasteiger charge is 2.24.